The van der Waals surface area contributed by atoms with Gasteiger partial charge in [0.15, 0.2) is 87.7 Å². The number of fused-ring (bicyclic) bond motifs is 1. The van der Waals surface area contributed by atoms with Gasteiger partial charge in [-0.3, -0.25) is 0 Å². The molecule has 0 atom stereocenters. The molecule has 0 bridgehead atoms. The average molecular weight is 955 g/mol. The van der Waals surface area contributed by atoms with Crippen LogP contribution in [0.1, 0.15) is 28.1 Å². The highest BCUT2D eigenvalue weighted by Gasteiger charge is 2.52. The molecular formula is C44H22BF20N. The number of pyridine rings is 1. The summed E-state index contributed by atoms with van der Waals surface area (Å²) >= 11 is 0. The van der Waals surface area contributed by atoms with E-state index in [1.54, 1.807) is 0 Å². The van der Waals surface area contributed by atoms with Gasteiger partial charge in [0.1, 0.15) is 52.7 Å². The Morgan fingerprint density at radius 1 is 0.348 bits per heavy atom. The van der Waals surface area contributed by atoms with E-state index in [1.165, 1.54) is 38.9 Å². The zero-order valence-electron chi connectivity index (χ0n) is 33.4. The van der Waals surface area contributed by atoms with Gasteiger partial charge in [0.05, 0.1) is 0 Å². The second-order valence-corrected chi connectivity index (χ2v) is 14.7. The zero-order chi connectivity index (χ0) is 49.3. The van der Waals surface area contributed by atoms with E-state index in [4.69, 9.17) is 0 Å². The van der Waals surface area contributed by atoms with E-state index in [1.807, 2.05) is 0 Å². The van der Waals surface area contributed by atoms with E-state index in [0.29, 0.717) is 0 Å². The molecule has 0 saturated heterocycles. The molecule has 0 N–H and O–H groups in total. The minimum Gasteiger partial charge on any atom is -0.207 e. The fraction of sp³-hybridized carbons (Fsp3) is 0.114. The summed E-state index contributed by atoms with van der Waals surface area (Å²) in [7, 11) is 0. The summed E-state index contributed by atoms with van der Waals surface area (Å²) in [6, 6.07) is 17.5. The van der Waals surface area contributed by atoms with Gasteiger partial charge in [-0.1, -0.05) is 36.4 Å². The summed E-state index contributed by atoms with van der Waals surface area (Å²) < 4.78 is 296. The minimum atomic E-state index is -7.22. The molecule has 7 aromatic rings. The van der Waals surface area contributed by atoms with Crippen molar-refractivity contribution in [3.05, 3.63) is 193 Å². The largest absolute Gasteiger partial charge is 0.207 e. The highest BCUT2D eigenvalue weighted by Crippen LogP contribution is 2.31. The molecular weight excluding hydrogens is 933 g/mol. The molecule has 1 nitrogen and oxygen atoms in total. The summed E-state index contributed by atoms with van der Waals surface area (Å²) in [6.07, 6.45) is -7.22. The second-order valence-electron chi connectivity index (χ2n) is 14.7. The molecule has 346 valence electrons. The molecule has 6 aromatic carbocycles. The molecule has 0 saturated carbocycles. The normalized spacial score (nSPS) is 11.7. The quantitative estimate of drug-likeness (QED) is 0.0514. The number of nitrogens with zero attached hydrogens (tertiary/aromatic N) is 1. The summed E-state index contributed by atoms with van der Waals surface area (Å²) in [5.41, 5.74) is -7.57. The van der Waals surface area contributed by atoms with E-state index < -0.39 is 144 Å². The number of hydrogen-bond donors (Lipinski definition) is 0. The molecule has 7 rings (SSSR count). The summed E-state index contributed by atoms with van der Waals surface area (Å²) in [6.45, 7) is 9.77. The Balaban J connectivity index is 0.000000284. The molecule has 0 aliphatic rings. The molecule has 0 aliphatic carbocycles. The molecule has 1 heterocycles. The van der Waals surface area contributed by atoms with Crippen molar-refractivity contribution in [1.29, 1.82) is 0 Å². The summed E-state index contributed by atoms with van der Waals surface area (Å²) in [5, 5.41) is 2.74. The van der Waals surface area contributed by atoms with Crippen LogP contribution < -0.4 is 26.4 Å². The Kier molecular flexibility index (Phi) is 13.1. The third kappa shape index (κ3) is 7.28. The molecule has 0 fully saturated rings. The van der Waals surface area contributed by atoms with Gasteiger partial charge in [-0.25, -0.2) is 87.8 Å². The molecule has 66 heavy (non-hydrogen) atoms. The van der Waals surface area contributed by atoms with E-state index in [-0.39, 0.29) is 0 Å². The number of rotatable bonds is 6. The lowest BCUT2D eigenvalue weighted by molar-refractivity contribution is -0.698. The Morgan fingerprint density at radius 3 is 0.939 bits per heavy atom. The van der Waals surface area contributed by atoms with Crippen molar-refractivity contribution >= 4 is 38.8 Å². The maximum atomic E-state index is 15.4. The highest BCUT2D eigenvalue weighted by atomic mass is 19.2. The van der Waals surface area contributed by atoms with Crippen molar-refractivity contribution in [2.75, 3.05) is 0 Å². The van der Waals surface area contributed by atoms with Gasteiger partial charge in [-0.05, 0) is 36.4 Å². The van der Waals surface area contributed by atoms with Crippen LogP contribution in [0.5, 0.6) is 0 Å². The molecule has 0 radical (unpaired) electrons. The second kappa shape index (κ2) is 17.7. The van der Waals surface area contributed by atoms with Gasteiger partial charge in [0.2, 0.25) is 0 Å². The third-order valence-corrected chi connectivity index (χ3v) is 11.2. The first kappa shape index (κ1) is 48.8. The van der Waals surface area contributed by atoms with Gasteiger partial charge in [0, 0.05) is 30.9 Å². The molecule has 22 heteroatoms. The van der Waals surface area contributed by atoms with Crippen LogP contribution in [-0.4, -0.2) is 6.15 Å². The lowest BCUT2D eigenvalue weighted by atomic mass is 9.12. The van der Waals surface area contributed by atoms with Crippen molar-refractivity contribution in [2.45, 2.75) is 34.2 Å². The Hall–Kier alpha value is -6.61. The standard InChI is InChI=1S/C24BF20.C20H22N/c26-5-1(6(27)14(35)21(42)13(5)34)25(2-7(28)15(36)22(43)16(37)8(2)29,3-9(30)17(38)23(44)18(39)10(3)31)4-11(32)19(40)24(45)20(41)12(4)33;1-14-10-11-19-17(4)21(13-18-8-6-5-7-9-18)15(2)12-20(19)16(14)3/h;5-12H,13H2,1-4H3/q-1;+1. The van der Waals surface area contributed by atoms with Gasteiger partial charge < -0.3 is 0 Å². The number of hydrogen-bond acceptors (Lipinski definition) is 0. The van der Waals surface area contributed by atoms with E-state index in [9.17, 15) is 52.7 Å². The SMILES string of the molecule is Cc1ccc2c(C)[n+](Cc3ccccc3)c(C)cc2c1C.Fc1c(F)c(F)c([B-](c2c(F)c(F)c(F)c(F)c2F)(c2c(F)c(F)c(F)c(F)c2F)c2c(F)c(F)c(F)c(F)c2F)c(F)c1F. The van der Waals surface area contributed by atoms with Crippen LogP contribution in [0.2, 0.25) is 0 Å². The van der Waals surface area contributed by atoms with Crippen LogP contribution in [0.4, 0.5) is 87.8 Å². The van der Waals surface area contributed by atoms with Gasteiger partial charge in [-0.15, -0.1) is 21.9 Å². The predicted octanol–water partition coefficient (Wildman–Crippen LogP) is 10.3. The Labute approximate surface area is 358 Å². The van der Waals surface area contributed by atoms with E-state index >= 15 is 35.1 Å². The zero-order valence-corrected chi connectivity index (χ0v) is 33.4. The first-order chi connectivity index (χ1) is 30.8. The van der Waals surface area contributed by atoms with Crippen molar-refractivity contribution < 1.29 is 92.4 Å². The van der Waals surface area contributed by atoms with Crippen molar-refractivity contribution in [3.8, 4) is 0 Å². The lowest BCUT2D eigenvalue weighted by Crippen LogP contribution is -2.81. The topological polar surface area (TPSA) is 3.88 Å². The van der Waals surface area contributed by atoms with Crippen LogP contribution in [-0.2, 0) is 6.54 Å². The van der Waals surface area contributed by atoms with Crippen molar-refractivity contribution in [2.24, 2.45) is 0 Å². The van der Waals surface area contributed by atoms with Crippen LogP contribution in [0.15, 0.2) is 48.5 Å². The average Bonchev–Trinajstić information content (AvgIpc) is 3.29. The number of aromatic nitrogens is 1. The third-order valence-electron chi connectivity index (χ3n) is 11.2. The number of benzene rings is 6. The minimum absolute atomic E-state index is 0.932. The van der Waals surface area contributed by atoms with Crippen molar-refractivity contribution in [1.82, 2.24) is 0 Å². The first-order valence-electron chi connectivity index (χ1n) is 18.5. The maximum absolute atomic E-state index is 15.4. The monoisotopic (exact) mass is 955 g/mol. The fourth-order valence-electron chi connectivity index (χ4n) is 7.92. The highest BCUT2D eigenvalue weighted by molar-refractivity contribution is 7.20. The van der Waals surface area contributed by atoms with Gasteiger partial charge in [-0.2, -0.15) is 4.57 Å². The van der Waals surface area contributed by atoms with Crippen LogP contribution in [0.25, 0.3) is 10.8 Å². The first-order valence-corrected chi connectivity index (χ1v) is 18.5. The Morgan fingerprint density at radius 2 is 0.636 bits per heavy atom. The Bertz CT molecular complexity index is 2770. The molecule has 1 aromatic heterocycles. The predicted molar refractivity (Wildman–Crippen MR) is 198 cm³/mol. The summed E-state index contributed by atoms with van der Waals surface area (Å²) in [5.74, 6) is -71.4. The molecule has 0 spiro atoms. The van der Waals surface area contributed by atoms with Gasteiger partial charge in [0.25, 0.3) is 0 Å². The maximum Gasteiger partial charge on any atom is 0.200 e. The number of aryl methyl sites for hydroxylation is 4. The lowest BCUT2D eigenvalue weighted by Gasteiger charge is -2.44. The molecule has 0 amide bonds. The van der Waals surface area contributed by atoms with E-state index in [0.717, 1.165) is 6.54 Å². The smallest absolute Gasteiger partial charge is 0.200 e. The van der Waals surface area contributed by atoms with Crippen LogP contribution >= 0.6 is 0 Å². The molecule has 0 aliphatic heterocycles. The van der Waals surface area contributed by atoms with Crippen molar-refractivity contribution in [3.63, 3.8) is 0 Å². The fourth-order valence-corrected chi connectivity index (χ4v) is 7.92. The van der Waals surface area contributed by atoms with E-state index in [2.05, 4.69) is 80.8 Å². The number of halogens is 20. The van der Waals surface area contributed by atoms with Crippen LogP contribution in [0.3, 0.4) is 0 Å². The summed E-state index contributed by atoms with van der Waals surface area (Å²) in [4.78, 5) is 0. The van der Waals surface area contributed by atoms with Crippen LogP contribution in [0, 0.1) is 144 Å². The van der Waals surface area contributed by atoms with Gasteiger partial charge >= 0.3 is 0 Å². The molecule has 0 unspecified atom stereocenters.